The number of benzene rings is 1. The van der Waals surface area contributed by atoms with Gasteiger partial charge in [-0.1, -0.05) is 12.1 Å². The smallest absolute Gasteiger partial charge is 0.126 e. The zero-order chi connectivity index (χ0) is 10.8. The molecule has 0 saturated carbocycles. The van der Waals surface area contributed by atoms with E-state index in [-0.39, 0.29) is 12.2 Å². The summed E-state index contributed by atoms with van der Waals surface area (Å²) in [5.74, 6) is -0.280. The third kappa shape index (κ3) is 2.09. The van der Waals surface area contributed by atoms with Gasteiger partial charge in [0.2, 0.25) is 0 Å². The Morgan fingerprint density at radius 2 is 2.21 bits per heavy atom. The quantitative estimate of drug-likeness (QED) is 0.781. The van der Waals surface area contributed by atoms with Crippen LogP contribution in [0.4, 0.5) is 4.39 Å². The lowest BCUT2D eigenvalue weighted by molar-refractivity contribution is 0.500. The van der Waals surface area contributed by atoms with Crippen LogP contribution in [0.15, 0.2) is 18.2 Å². The SMILES string of the molecule is Cc1ccc([C@](C)(N)CC#N)cc1F. The average molecular weight is 192 g/mol. The summed E-state index contributed by atoms with van der Waals surface area (Å²) in [6.45, 7) is 3.41. The van der Waals surface area contributed by atoms with Crippen molar-refractivity contribution in [2.24, 2.45) is 5.73 Å². The number of nitrogens with zero attached hydrogens (tertiary/aromatic N) is 1. The predicted molar refractivity (Wildman–Crippen MR) is 52.9 cm³/mol. The summed E-state index contributed by atoms with van der Waals surface area (Å²) in [7, 11) is 0. The van der Waals surface area contributed by atoms with Crippen LogP contribution in [-0.2, 0) is 5.54 Å². The molecule has 0 aromatic heterocycles. The van der Waals surface area contributed by atoms with E-state index in [1.807, 2.05) is 6.07 Å². The summed E-state index contributed by atoms with van der Waals surface area (Å²) >= 11 is 0. The van der Waals surface area contributed by atoms with Gasteiger partial charge in [0.15, 0.2) is 0 Å². The van der Waals surface area contributed by atoms with Crippen LogP contribution in [0, 0.1) is 24.1 Å². The van der Waals surface area contributed by atoms with E-state index >= 15 is 0 Å². The lowest BCUT2D eigenvalue weighted by Crippen LogP contribution is -2.32. The molecule has 0 heterocycles. The summed E-state index contributed by atoms with van der Waals surface area (Å²) in [4.78, 5) is 0. The van der Waals surface area contributed by atoms with Crippen molar-refractivity contribution in [3.8, 4) is 6.07 Å². The first-order valence-corrected chi connectivity index (χ1v) is 4.40. The first kappa shape index (κ1) is 10.7. The number of hydrogen-bond acceptors (Lipinski definition) is 2. The molecular formula is C11H13FN2. The molecule has 0 fully saturated rings. The van der Waals surface area contributed by atoms with Gasteiger partial charge in [-0.25, -0.2) is 4.39 Å². The molecule has 0 bridgehead atoms. The van der Waals surface area contributed by atoms with Gasteiger partial charge in [0.1, 0.15) is 5.82 Å². The molecule has 0 spiro atoms. The van der Waals surface area contributed by atoms with Gasteiger partial charge in [0.05, 0.1) is 18.0 Å². The minimum Gasteiger partial charge on any atom is -0.321 e. The topological polar surface area (TPSA) is 49.8 Å². The van der Waals surface area contributed by atoms with Gasteiger partial charge in [0, 0.05) is 0 Å². The Kier molecular flexibility index (Phi) is 2.87. The van der Waals surface area contributed by atoms with E-state index in [4.69, 9.17) is 11.0 Å². The van der Waals surface area contributed by atoms with E-state index in [1.165, 1.54) is 6.07 Å². The summed E-state index contributed by atoms with van der Waals surface area (Å²) < 4.78 is 13.2. The molecule has 0 unspecified atom stereocenters. The van der Waals surface area contributed by atoms with E-state index in [0.29, 0.717) is 11.1 Å². The standard InChI is InChI=1S/C11H13FN2/c1-8-3-4-9(7-10(8)12)11(2,14)5-6-13/h3-4,7H,5,14H2,1-2H3/t11-/m1/s1. The van der Waals surface area contributed by atoms with Crippen molar-refractivity contribution in [3.05, 3.63) is 35.1 Å². The molecule has 0 saturated heterocycles. The van der Waals surface area contributed by atoms with Crippen molar-refractivity contribution >= 4 is 0 Å². The molecule has 14 heavy (non-hydrogen) atoms. The maximum absolute atomic E-state index is 13.2. The molecule has 2 nitrogen and oxygen atoms in total. The van der Waals surface area contributed by atoms with Crippen molar-refractivity contribution in [2.75, 3.05) is 0 Å². The Balaban J connectivity index is 3.09. The van der Waals surface area contributed by atoms with Crippen LogP contribution in [-0.4, -0.2) is 0 Å². The number of nitrogens with two attached hydrogens (primary N) is 1. The highest BCUT2D eigenvalue weighted by atomic mass is 19.1. The lowest BCUT2D eigenvalue weighted by Gasteiger charge is -2.22. The van der Waals surface area contributed by atoms with Gasteiger partial charge in [0.25, 0.3) is 0 Å². The highest BCUT2D eigenvalue weighted by Gasteiger charge is 2.21. The highest BCUT2D eigenvalue weighted by molar-refractivity contribution is 5.29. The second kappa shape index (κ2) is 3.77. The maximum atomic E-state index is 13.2. The Morgan fingerprint density at radius 3 is 2.71 bits per heavy atom. The van der Waals surface area contributed by atoms with Crippen molar-refractivity contribution in [3.63, 3.8) is 0 Å². The van der Waals surface area contributed by atoms with Crippen LogP contribution in [0.2, 0.25) is 0 Å². The van der Waals surface area contributed by atoms with Gasteiger partial charge in [-0.05, 0) is 31.0 Å². The van der Waals surface area contributed by atoms with Crippen LogP contribution in [0.25, 0.3) is 0 Å². The number of nitriles is 1. The number of aryl methyl sites for hydroxylation is 1. The zero-order valence-corrected chi connectivity index (χ0v) is 8.34. The number of halogens is 1. The van der Waals surface area contributed by atoms with Gasteiger partial charge in [-0.2, -0.15) is 5.26 Å². The van der Waals surface area contributed by atoms with Crippen LogP contribution in [0.5, 0.6) is 0 Å². The molecule has 1 aromatic carbocycles. The van der Waals surface area contributed by atoms with Crippen LogP contribution >= 0.6 is 0 Å². The Hall–Kier alpha value is -1.40. The lowest BCUT2D eigenvalue weighted by atomic mass is 9.90. The van der Waals surface area contributed by atoms with E-state index in [0.717, 1.165) is 0 Å². The number of rotatable bonds is 2. The van der Waals surface area contributed by atoms with Gasteiger partial charge in [-0.3, -0.25) is 0 Å². The summed E-state index contributed by atoms with van der Waals surface area (Å²) in [6, 6.07) is 6.82. The monoisotopic (exact) mass is 192 g/mol. The van der Waals surface area contributed by atoms with Crippen LogP contribution in [0.1, 0.15) is 24.5 Å². The maximum Gasteiger partial charge on any atom is 0.126 e. The Bertz CT molecular complexity index is 377. The molecule has 1 atom stereocenters. The summed E-state index contributed by atoms with van der Waals surface area (Å²) in [5, 5.41) is 8.56. The van der Waals surface area contributed by atoms with E-state index in [9.17, 15) is 4.39 Å². The molecule has 0 aliphatic rings. The molecule has 74 valence electrons. The third-order valence-corrected chi connectivity index (χ3v) is 2.28. The summed E-state index contributed by atoms with van der Waals surface area (Å²) in [6.07, 6.45) is 0.176. The van der Waals surface area contributed by atoms with Crippen LogP contribution in [0.3, 0.4) is 0 Å². The van der Waals surface area contributed by atoms with Crippen molar-refractivity contribution in [2.45, 2.75) is 25.8 Å². The second-order valence-corrected chi connectivity index (χ2v) is 3.72. The highest BCUT2D eigenvalue weighted by Crippen LogP contribution is 2.22. The molecule has 0 radical (unpaired) electrons. The van der Waals surface area contributed by atoms with E-state index in [1.54, 1.807) is 26.0 Å². The molecule has 1 aromatic rings. The van der Waals surface area contributed by atoms with E-state index < -0.39 is 5.54 Å². The minimum atomic E-state index is -0.775. The number of hydrogen-bond donors (Lipinski definition) is 1. The van der Waals surface area contributed by atoms with Gasteiger partial charge < -0.3 is 5.73 Å². The first-order chi connectivity index (χ1) is 6.47. The largest absolute Gasteiger partial charge is 0.321 e. The molecule has 1 rings (SSSR count). The molecule has 0 aliphatic carbocycles. The first-order valence-electron chi connectivity index (χ1n) is 4.40. The normalized spacial score (nSPS) is 14.5. The fourth-order valence-electron chi connectivity index (χ4n) is 1.21. The minimum absolute atomic E-state index is 0.176. The fraction of sp³-hybridized carbons (Fsp3) is 0.364. The third-order valence-electron chi connectivity index (χ3n) is 2.28. The fourth-order valence-corrected chi connectivity index (χ4v) is 1.21. The zero-order valence-electron chi connectivity index (χ0n) is 8.34. The van der Waals surface area contributed by atoms with E-state index in [2.05, 4.69) is 0 Å². The predicted octanol–water partition coefficient (Wildman–Crippen LogP) is 2.22. The Labute approximate surface area is 83.2 Å². The Morgan fingerprint density at radius 1 is 1.57 bits per heavy atom. The molecule has 0 amide bonds. The average Bonchev–Trinajstić information content (AvgIpc) is 2.09. The summed E-state index contributed by atoms with van der Waals surface area (Å²) in [5.41, 5.74) is 6.34. The molecular weight excluding hydrogens is 179 g/mol. The van der Waals surface area contributed by atoms with Crippen molar-refractivity contribution < 1.29 is 4.39 Å². The second-order valence-electron chi connectivity index (χ2n) is 3.72. The molecule has 0 aliphatic heterocycles. The van der Waals surface area contributed by atoms with Gasteiger partial charge in [-0.15, -0.1) is 0 Å². The van der Waals surface area contributed by atoms with Crippen molar-refractivity contribution in [1.29, 1.82) is 5.26 Å². The molecule has 3 heteroatoms. The molecule has 2 N–H and O–H groups in total. The van der Waals surface area contributed by atoms with Crippen molar-refractivity contribution in [1.82, 2.24) is 0 Å². The van der Waals surface area contributed by atoms with Gasteiger partial charge >= 0.3 is 0 Å². The van der Waals surface area contributed by atoms with Crippen LogP contribution < -0.4 is 5.73 Å².